The van der Waals surface area contributed by atoms with Crippen molar-refractivity contribution < 1.29 is 18.8 Å². The van der Waals surface area contributed by atoms with E-state index in [1.54, 1.807) is 23.1 Å². The summed E-state index contributed by atoms with van der Waals surface area (Å²) in [6.45, 7) is 0.876. The molecule has 3 amide bonds. The van der Waals surface area contributed by atoms with E-state index < -0.39 is 11.8 Å². The van der Waals surface area contributed by atoms with Crippen LogP contribution in [0.1, 0.15) is 33.7 Å². The summed E-state index contributed by atoms with van der Waals surface area (Å²) in [6.07, 6.45) is 4.19. The van der Waals surface area contributed by atoms with Crippen LogP contribution in [0.5, 0.6) is 0 Å². The number of carbonyl (C=O) groups is 3. The van der Waals surface area contributed by atoms with Gasteiger partial charge in [0.05, 0.1) is 23.3 Å². The van der Waals surface area contributed by atoms with Crippen LogP contribution in [-0.4, -0.2) is 40.7 Å². The van der Waals surface area contributed by atoms with Gasteiger partial charge in [0, 0.05) is 18.5 Å². The molecule has 148 valence electrons. The normalized spacial score (nSPS) is 16.4. The van der Waals surface area contributed by atoms with Gasteiger partial charge in [-0.15, -0.1) is 0 Å². The van der Waals surface area contributed by atoms with Crippen molar-refractivity contribution in [2.75, 3.05) is 13.1 Å². The minimum Gasteiger partial charge on any atom is -0.472 e. The van der Waals surface area contributed by atoms with Crippen LogP contribution in [0.15, 0.2) is 59.4 Å². The number of hydrogen-bond acceptors (Lipinski definition) is 5. The number of benzene rings is 1. The summed E-state index contributed by atoms with van der Waals surface area (Å²) in [7, 11) is 0. The lowest BCUT2D eigenvalue weighted by Gasteiger charge is -2.31. The van der Waals surface area contributed by atoms with E-state index in [0.29, 0.717) is 37.0 Å². The highest BCUT2D eigenvalue weighted by atomic mass is 16.3. The Kier molecular flexibility index (Phi) is 5.24. The van der Waals surface area contributed by atoms with Gasteiger partial charge in [-0.3, -0.25) is 25.2 Å². The monoisotopic (exact) mass is 392 g/mol. The fourth-order valence-corrected chi connectivity index (χ4v) is 3.42. The Morgan fingerprint density at radius 3 is 2.76 bits per heavy atom. The molecule has 0 spiro atoms. The minimum atomic E-state index is -0.494. The summed E-state index contributed by atoms with van der Waals surface area (Å²) in [5.41, 5.74) is 6.24. The zero-order chi connectivity index (χ0) is 20.2. The van der Waals surface area contributed by atoms with Crippen molar-refractivity contribution in [2.24, 2.45) is 5.92 Å². The molecular formula is C21H20N4O4. The predicted molar refractivity (Wildman–Crippen MR) is 105 cm³/mol. The van der Waals surface area contributed by atoms with Crippen LogP contribution < -0.4 is 10.9 Å². The third-order valence-corrected chi connectivity index (χ3v) is 4.98. The van der Waals surface area contributed by atoms with Gasteiger partial charge in [0.2, 0.25) is 5.91 Å². The molecule has 1 aromatic carbocycles. The van der Waals surface area contributed by atoms with Crippen molar-refractivity contribution in [3.05, 3.63) is 66.2 Å². The van der Waals surface area contributed by atoms with E-state index in [-0.39, 0.29) is 17.5 Å². The predicted octanol–water partition coefficient (Wildman–Crippen LogP) is 2.14. The first-order chi connectivity index (χ1) is 14.1. The van der Waals surface area contributed by atoms with Crippen molar-refractivity contribution in [3.63, 3.8) is 0 Å². The van der Waals surface area contributed by atoms with Crippen LogP contribution >= 0.6 is 0 Å². The molecule has 3 heterocycles. The van der Waals surface area contributed by atoms with E-state index in [4.69, 9.17) is 4.42 Å². The number of nitrogens with one attached hydrogen (secondary N) is 2. The molecule has 1 atom stereocenters. The lowest BCUT2D eigenvalue weighted by molar-refractivity contribution is -0.127. The molecule has 1 aliphatic heterocycles. The number of hydrogen-bond donors (Lipinski definition) is 2. The lowest BCUT2D eigenvalue weighted by Crippen LogP contribution is -2.50. The third kappa shape index (κ3) is 4.11. The zero-order valence-corrected chi connectivity index (χ0v) is 15.6. The summed E-state index contributed by atoms with van der Waals surface area (Å²) in [6, 6.07) is 12.5. The Balaban J connectivity index is 1.34. The van der Waals surface area contributed by atoms with Crippen molar-refractivity contribution in [1.29, 1.82) is 0 Å². The smallest absolute Gasteiger partial charge is 0.288 e. The third-order valence-electron chi connectivity index (χ3n) is 4.98. The van der Waals surface area contributed by atoms with E-state index in [9.17, 15) is 14.4 Å². The highest BCUT2D eigenvalue weighted by Crippen LogP contribution is 2.19. The Morgan fingerprint density at radius 2 is 1.93 bits per heavy atom. The second-order valence-electron chi connectivity index (χ2n) is 6.93. The molecule has 1 saturated heterocycles. The summed E-state index contributed by atoms with van der Waals surface area (Å²) >= 11 is 0. The Hall–Kier alpha value is -3.68. The number of amides is 3. The fourth-order valence-electron chi connectivity index (χ4n) is 3.42. The number of fused-ring (bicyclic) bond motifs is 1. The standard InChI is InChI=1S/C21H20N4O4/c26-19(15-5-3-10-25(12-15)21(28)16-9-11-29-13-16)23-24-20(27)18-8-7-14-4-1-2-6-17(14)22-18/h1-2,4,6-9,11,13,15H,3,5,10,12H2,(H,23,26)(H,24,27). The van der Waals surface area contributed by atoms with Crippen molar-refractivity contribution >= 4 is 28.6 Å². The second kappa shape index (κ2) is 8.14. The number of pyridine rings is 1. The van der Waals surface area contributed by atoms with Crippen molar-refractivity contribution in [1.82, 2.24) is 20.7 Å². The largest absolute Gasteiger partial charge is 0.472 e. The van der Waals surface area contributed by atoms with Gasteiger partial charge < -0.3 is 9.32 Å². The maximum absolute atomic E-state index is 12.5. The number of para-hydroxylation sites is 1. The molecule has 8 heteroatoms. The van der Waals surface area contributed by atoms with Crippen LogP contribution in [0.2, 0.25) is 0 Å². The summed E-state index contributed by atoms with van der Waals surface area (Å²) < 4.78 is 4.95. The van der Waals surface area contributed by atoms with E-state index in [0.717, 1.165) is 5.39 Å². The van der Waals surface area contributed by atoms with Crippen LogP contribution in [-0.2, 0) is 4.79 Å². The molecule has 8 nitrogen and oxygen atoms in total. The number of piperidine rings is 1. The molecule has 3 aromatic rings. The highest BCUT2D eigenvalue weighted by molar-refractivity contribution is 5.96. The van der Waals surface area contributed by atoms with Gasteiger partial charge >= 0.3 is 0 Å². The Bertz CT molecular complexity index is 1050. The average Bonchev–Trinajstić information content (AvgIpc) is 3.31. The van der Waals surface area contributed by atoms with E-state index >= 15 is 0 Å². The van der Waals surface area contributed by atoms with Crippen LogP contribution in [0.25, 0.3) is 10.9 Å². The first kappa shape index (κ1) is 18.7. The fraction of sp³-hybridized carbons (Fsp3) is 0.238. The summed E-state index contributed by atoms with van der Waals surface area (Å²) in [4.78, 5) is 43.2. The molecule has 4 rings (SSSR count). The molecule has 2 N–H and O–H groups in total. The molecule has 1 fully saturated rings. The molecule has 2 aromatic heterocycles. The molecule has 0 radical (unpaired) electrons. The number of aromatic nitrogens is 1. The van der Waals surface area contributed by atoms with E-state index in [1.165, 1.54) is 12.5 Å². The maximum atomic E-state index is 12.5. The summed E-state index contributed by atoms with van der Waals surface area (Å²) in [5.74, 6) is -1.39. The molecule has 0 bridgehead atoms. The van der Waals surface area contributed by atoms with Crippen LogP contribution in [0.4, 0.5) is 0 Å². The molecule has 0 saturated carbocycles. The van der Waals surface area contributed by atoms with Crippen molar-refractivity contribution in [3.8, 4) is 0 Å². The molecule has 29 heavy (non-hydrogen) atoms. The molecule has 1 unspecified atom stereocenters. The molecule has 1 aliphatic rings. The quantitative estimate of drug-likeness (QED) is 0.665. The second-order valence-corrected chi connectivity index (χ2v) is 6.93. The number of carbonyl (C=O) groups excluding carboxylic acids is 3. The van der Waals surface area contributed by atoms with Gasteiger partial charge in [0.25, 0.3) is 11.8 Å². The highest BCUT2D eigenvalue weighted by Gasteiger charge is 2.29. The van der Waals surface area contributed by atoms with Crippen LogP contribution in [0, 0.1) is 5.92 Å². The number of nitrogens with zero attached hydrogens (tertiary/aromatic N) is 2. The van der Waals surface area contributed by atoms with Gasteiger partial charge in [-0.2, -0.15) is 0 Å². The molecule has 0 aliphatic carbocycles. The lowest BCUT2D eigenvalue weighted by atomic mass is 9.97. The van der Waals surface area contributed by atoms with Gasteiger partial charge in [-0.1, -0.05) is 24.3 Å². The SMILES string of the molecule is O=C(NNC(=O)C1CCCN(C(=O)c2ccoc2)C1)c1ccc2ccccc2n1. The first-order valence-corrected chi connectivity index (χ1v) is 9.39. The van der Waals surface area contributed by atoms with E-state index in [2.05, 4.69) is 15.8 Å². The zero-order valence-electron chi connectivity index (χ0n) is 15.6. The number of rotatable bonds is 3. The van der Waals surface area contributed by atoms with E-state index in [1.807, 2.05) is 24.3 Å². The number of hydrazine groups is 1. The van der Waals surface area contributed by atoms with Gasteiger partial charge in [0.15, 0.2) is 0 Å². The maximum Gasteiger partial charge on any atom is 0.288 e. The van der Waals surface area contributed by atoms with Crippen LogP contribution in [0.3, 0.4) is 0 Å². The van der Waals surface area contributed by atoms with Gasteiger partial charge in [0.1, 0.15) is 12.0 Å². The number of likely N-dealkylation sites (tertiary alicyclic amines) is 1. The minimum absolute atomic E-state index is 0.166. The Morgan fingerprint density at radius 1 is 1.07 bits per heavy atom. The summed E-state index contributed by atoms with van der Waals surface area (Å²) in [5, 5.41) is 0.928. The average molecular weight is 392 g/mol. The molecular weight excluding hydrogens is 372 g/mol. The first-order valence-electron chi connectivity index (χ1n) is 9.39. The van der Waals surface area contributed by atoms with Gasteiger partial charge in [-0.05, 0) is 31.0 Å². The topological polar surface area (TPSA) is 105 Å². The number of furan rings is 1. The van der Waals surface area contributed by atoms with Crippen molar-refractivity contribution in [2.45, 2.75) is 12.8 Å². The van der Waals surface area contributed by atoms with Gasteiger partial charge in [-0.25, -0.2) is 4.98 Å². The Labute approximate surface area is 166 Å².